The molecule has 1 aromatic rings. The molecule has 1 aromatic carbocycles. The number of nitrogens with one attached hydrogen (secondary N) is 4. The number of aliphatic hydroxyl groups excluding tert-OH is 2. The molecule has 308 valence electrons. The number of methoxy groups -OCH3 is 1. The molecule has 1 saturated heterocycles. The van der Waals surface area contributed by atoms with E-state index in [-0.39, 0.29) is 49.6 Å². The molecule has 1 aliphatic heterocycles. The van der Waals surface area contributed by atoms with Crippen molar-refractivity contribution in [2.45, 2.75) is 141 Å². The summed E-state index contributed by atoms with van der Waals surface area (Å²) in [7, 11) is 1.61. The number of ether oxygens (including phenoxy) is 2. The zero-order valence-corrected chi connectivity index (χ0v) is 33.7. The van der Waals surface area contributed by atoms with Gasteiger partial charge in [0.15, 0.2) is 0 Å². The van der Waals surface area contributed by atoms with Crippen LogP contribution in [0.4, 0.5) is 0 Å². The van der Waals surface area contributed by atoms with Crippen molar-refractivity contribution >= 4 is 17.7 Å². The molecule has 54 heavy (non-hydrogen) atoms. The molecule has 5 atom stereocenters. The summed E-state index contributed by atoms with van der Waals surface area (Å²) in [5.74, 6) is -0.343. The first-order valence-electron chi connectivity index (χ1n) is 20.9. The van der Waals surface area contributed by atoms with Gasteiger partial charge in [-0.2, -0.15) is 0 Å². The van der Waals surface area contributed by atoms with Crippen LogP contribution in [0.1, 0.15) is 110 Å². The normalized spacial score (nSPS) is 18.5. The number of benzene rings is 1. The van der Waals surface area contributed by atoms with Crippen LogP contribution in [0.15, 0.2) is 30.3 Å². The maximum absolute atomic E-state index is 14.4. The zero-order valence-electron chi connectivity index (χ0n) is 33.7. The third kappa shape index (κ3) is 16.6. The van der Waals surface area contributed by atoms with Crippen molar-refractivity contribution in [3.63, 3.8) is 0 Å². The quantitative estimate of drug-likeness (QED) is 0.0608. The Hall–Kier alpha value is -2.61. The van der Waals surface area contributed by atoms with Gasteiger partial charge in [-0.1, -0.05) is 96.0 Å². The van der Waals surface area contributed by atoms with Crippen LogP contribution in [-0.4, -0.2) is 116 Å². The summed E-state index contributed by atoms with van der Waals surface area (Å²) in [5, 5.41) is 33.8. The van der Waals surface area contributed by atoms with E-state index in [2.05, 4.69) is 28.2 Å². The number of amides is 3. The lowest BCUT2D eigenvalue weighted by Crippen LogP contribution is -2.58. The van der Waals surface area contributed by atoms with Crippen LogP contribution in [0.5, 0.6) is 0 Å². The Bertz CT molecular complexity index is 1180. The van der Waals surface area contributed by atoms with Crippen LogP contribution in [0.25, 0.3) is 0 Å². The molecule has 0 unspecified atom stereocenters. The third-order valence-corrected chi connectivity index (χ3v) is 11.2. The van der Waals surface area contributed by atoms with Crippen LogP contribution in [0, 0.1) is 17.8 Å². The third-order valence-electron chi connectivity index (χ3n) is 11.2. The minimum atomic E-state index is -0.907. The highest BCUT2D eigenvalue weighted by Crippen LogP contribution is 2.30. The molecule has 3 rings (SSSR count). The number of carbonyl (C=O) groups excluding carboxylic acids is 3. The van der Waals surface area contributed by atoms with Crippen molar-refractivity contribution in [3.05, 3.63) is 35.9 Å². The average molecular weight is 760 g/mol. The van der Waals surface area contributed by atoms with E-state index >= 15 is 0 Å². The summed E-state index contributed by atoms with van der Waals surface area (Å²) >= 11 is 0. The SMILES string of the molecule is CCCC[C@H](N[C@@H](Cc1ccccc1)C(=O)N1CCC(OCOC)CC1)C(=O)N[C@@H](CC1CCCCC1)[C@@H](O)C[C@H](C(=O)NCCCNCCO)C(C)C. The molecule has 0 aromatic heterocycles. The van der Waals surface area contributed by atoms with Crippen molar-refractivity contribution in [2.24, 2.45) is 17.8 Å². The summed E-state index contributed by atoms with van der Waals surface area (Å²) in [5.41, 5.74) is 1.02. The topological polar surface area (TPSA) is 161 Å². The van der Waals surface area contributed by atoms with E-state index in [1.165, 1.54) is 6.42 Å². The van der Waals surface area contributed by atoms with Crippen LogP contribution in [0.3, 0.4) is 0 Å². The Balaban J connectivity index is 1.77. The molecule has 2 fully saturated rings. The van der Waals surface area contributed by atoms with Gasteiger partial charge in [-0.05, 0) is 68.9 Å². The smallest absolute Gasteiger partial charge is 0.240 e. The molecule has 0 spiro atoms. The van der Waals surface area contributed by atoms with Gasteiger partial charge in [0, 0.05) is 39.2 Å². The lowest BCUT2D eigenvalue weighted by atomic mass is 9.81. The molecule has 6 N–H and O–H groups in total. The van der Waals surface area contributed by atoms with Gasteiger partial charge in [0.25, 0.3) is 0 Å². The first-order valence-corrected chi connectivity index (χ1v) is 20.9. The Morgan fingerprint density at radius 3 is 2.30 bits per heavy atom. The van der Waals surface area contributed by atoms with Gasteiger partial charge in [-0.3, -0.25) is 19.7 Å². The number of piperidine rings is 1. The maximum Gasteiger partial charge on any atom is 0.240 e. The van der Waals surface area contributed by atoms with Crippen molar-refractivity contribution in [3.8, 4) is 0 Å². The monoisotopic (exact) mass is 760 g/mol. The number of unbranched alkanes of at least 4 members (excludes halogenated alkanes) is 1. The maximum atomic E-state index is 14.4. The van der Waals surface area contributed by atoms with E-state index in [0.717, 1.165) is 63.4 Å². The molecule has 1 aliphatic carbocycles. The Morgan fingerprint density at radius 2 is 1.65 bits per heavy atom. The minimum absolute atomic E-state index is 0.00136. The predicted octanol–water partition coefficient (Wildman–Crippen LogP) is 3.92. The summed E-state index contributed by atoms with van der Waals surface area (Å²) < 4.78 is 10.9. The molecule has 0 bridgehead atoms. The second-order valence-corrected chi connectivity index (χ2v) is 15.8. The average Bonchev–Trinajstić information content (AvgIpc) is 3.18. The number of carbonyl (C=O) groups is 3. The fourth-order valence-electron chi connectivity index (χ4n) is 7.88. The van der Waals surface area contributed by atoms with Crippen molar-refractivity contribution < 1.29 is 34.1 Å². The van der Waals surface area contributed by atoms with Crippen molar-refractivity contribution in [1.29, 1.82) is 0 Å². The summed E-state index contributed by atoms with van der Waals surface area (Å²) in [6, 6.07) is 8.17. The summed E-state index contributed by atoms with van der Waals surface area (Å²) in [6.45, 7) is 9.27. The Kier molecular flexibility index (Phi) is 22.3. The molecule has 2 aliphatic rings. The van der Waals surface area contributed by atoms with E-state index in [0.29, 0.717) is 57.9 Å². The number of hydrogen-bond acceptors (Lipinski definition) is 9. The van der Waals surface area contributed by atoms with E-state index in [1.807, 2.05) is 49.1 Å². The fourth-order valence-corrected chi connectivity index (χ4v) is 7.88. The molecule has 3 amide bonds. The van der Waals surface area contributed by atoms with E-state index in [4.69, 9.17) is 14.6 Å². The van der Waals surface area contributed by atoms with Crippen molar-refractivity contribution in [1.82, 2.24) is 26.2 Å². The summed E-state index contributed by atoms with van der Waals surface area (Å²) in [6.07, 6.45) is 10.6. The lowest BCUT2D eigenvalue weighted by Gasteiger charge is -2.36. The van der Waals surface area contributed by atoms with E-state index in [9.17, 15) is 19.5 Å². The molecule has 1 heterocycles. The fraction of sp³-hybridized carbons (Fsp3) is 0.786. The number of likely N-dealkylation sites (tertiary alicyclic amines) is 1. The van der Waals surface area contributed by atoms with Gasteiger partial charge in [0.1, 0.15) is 6.79 Å². The van der Waals surface area contributed by atoms with Gasteiger partial charge < -0.3 is 40.5 Å². The predicted molar refractivity (Wildman–Crippen MR) is 213 cm³/mol. The molecule has 12 heteroatoms. The van der Waals surface area contributed by atoms with E-state index in [1.54, 1.807) is 7.11 Å². The Labute approximate surface area is 325 Å². The van der Waals surface area contributed by atoms with Crippen LogP contribution in [-0.2, 0) is 30.3 Å². The van der Waals surface area contributed by atoms with Gasteiger partial charge in [0.2, 0.25) is 17.7 Å². The van der Waals surface area contributed by atoms with Crippen molar-refractivity contribution in [2.75, 3.05) is 53.2 Å². The molecular formula is C42H73N5O7. The number of rotatable bonds is 26. The van der Waals surface area contributed by atoms with Crippen LogP contribution in [0.2, 0.25) is 0 Å². The standard InChI is InChI=1S/C42H73N5O7/c1-5-6-18-36(45-38(28-33-16-11-8-12-17-33)42(52)47-24-19-34(20-25-47)54-30-53-4)41(51)46-37(27-32-14-9-7-10-15-32)39(49)29-35(31(2)3)40(50)44-22-13-21-43-23-26-48/h8,11-12,16-17,31-32,34-39,43,45,48-49H,5-7,9-10,13-15,18-30H2,1-4H3,(H,44,50)(H,46,51)/t35-,36-,37-,38-,39-/m0/s1. The highest BCUT2D eigenvalue weighted by molar-refractivity contribution is 5.86. The van der Waals surface area contributed by atoms with Gasteiger partial charge in [-0.15, -0.1) is 0 Å². The first-order chi connectivity index (χ1) is 26.2. The first kappa shape index (κ1) is 45.8. The van der Waals surface area contributed by atoms with Crippen LogP contribution >= 0.6 is 0 Å². The highest BCUT2D eigenvalue weighted by atomic mass is 16.7. The number of hydrogen-bond donors (Lipinski definition) is 6. The second kappa shape index (κ2) is 26.3. The second-order valence-electron chi connectivity index (χ2n) is 15.8. The number of nitrogens with zero attached hydrogens (tertiary/aromatic N) is 1. The molecule has 0 radical (unpaired) electrons. The van der Waals surface area contributed by atoms with Gasteiger partial charge >= 0.3 is 0 Å². The molecule has 12 nitrogen and oxygen atoms in total. The lowest BCUT2D eigenvalue weighted by molar-refractivity contribution is -0.139. The van der Waals surface area contributed by atoms with Gasteiger partial charge in [-0.25, -0.2) is 0 Å². The Morgan fingerprint density at radius 1 is 0.926 bits per heavy atom. The van der Waals surface area contributed by atoms with Gasteiger partial charge in [0.05, 0.1) is 36.9 Å². The van der Waals surface area contributed by atoms with Crippen LogP contribution < -0.4 is 21.3 Å². The molecular weight excluding hydrogens is 686 g/mol. The largest absolute Gasteiger partial charge is 0.395 e. The highest BCUT2D eigenvalue weighted by Gasteiger charge is 2.35. The minimum Gasteiger partial charge on any atom is -0.395 e. The summed E-state index contributed by atoms with van der Waals surface area (Å²) in [4.78, 5) is 43.9. The zero-order chi connectivity index (χ0) is 39.1. The van der Waals surface area contributed by atoms with E-state index < -0.39 is 30.1 Å². The molecule has 1 saturated carbocycles. The number of aliphatic hydroxyl groups is 2.